The Morgan fingerprint density at radius 1 is 1.35 bits per heavy atom. The first kappa shape index (κ1) is 17.0. The lowest BCUT2D eigenvalue weighted by Gasteiger charge is -2.11. The maximum atomic E-state index is 11.1. The number of nitrogens with zero attached hydrogens (tertiary/aromatic N) is 4. The predicted molar refractivity (Wildman–Crippen MR) is 90.6 cm³/mol. The van der Waals surface area contributed by atoms with E-state index in [1.165, 1.54) is 15.8 Å². The Hall–Kier alpha value is -2.41. The highest BCUT2D eigenvalue weighted by Gasteiger charge is 2.23. The molecule has 0 saturated carbocycles. The second-order valence-electron chi connectivity index (χ2n) is 5.90. The third kappa shape index (κ3) is 4.29. The smallest absolute Gasteiger partial charge is 0.333 e. The van der Waals surface area contributed by atoms with Crippen molar-refractivity contribution in [2.45, 2.75) is 19.9 Å². The highest BCUT2D eigenvalue weighted by Crippen LogP contribution is 2.27. The fraction of sp³-hybridized carbons (Fsp3) is 0.438. The van der Waals surface area contributed by atoms with Crippen LogP contribution in [0.3, 0.4) is 0 Å². The zero-order valence-electron chi connectivity index (χ0n) is 14.0. The predicted octanol–water partition coefficient (Wildman–Crippen LogP) is 2.35. The Morgan fingerprint density at radius 2 is 2.04 bits per heavy atom. The molecule has 1 heterocycles. The molecule has 0 aliphatic rings. The van der Waals surface area contributed by atoms with E-state index in [-0.39, 0.29) is 10.6 Å². The molecular weight excluding hydrogens is 294 g/mol. The average molecular weight is 317 g/mol. The molecule has 0 radical (unpaired) electrons. The quantitative estimate of drug-likeness (QED) is 0.626. The lowest BCUT2D eigenvalue weighted by molar-refractivity contribution is -0.384. The molecule has 0 atom stereocenters. The monoisotopic (exact) mass is 317 g/mol. The summed E-state index contributed by atoms with van der Waals surface area (Å²) in [7, 11) is 5.79. The van der Waals surface area contributed by atoms with Crippen LogP contribution in [0.2, 0.25) is 0 Å². The van der Waals surface area contributed by atoms with Gasteiger partial charge in [-0.15, -0.1) is 0 Å². The van der Waals surface area contributed by atoms with Gasteiger partial charge >= 0.3 is 5.69 Å². The van der Waals surface area contributed by atoms with E-state index in [2.05, 4.69) is 33.5 Å². The number of aromatic nitrogens is 2. The molecule has 2 rings (SSSR count). The van der Waals surface area contributed by atoms with Crippen LogP contribution in [-0.4, -0.2) is 40.2 Å². The molecule has 1 N–H and O–H groups in total. The lowest BCUT2D eigenvalue weighted by atomic mass is 10.1. The van der Waals surface area contributed by atoms with E-state index in [9.17, 15) is 10.1 Å². The van der Waals surface area contributed by atoms with Crippen molar-refractivity contribution in [2.24, 2.45) is 7.05 Å². The van der Waals surface area contributed by atoms with E-state index in [1.54, 1.807) is 14.0 Å². The van der Waals surface area contributed by atoms with Gasteiger partial charge in [-0.25, -0.2) is 4.68 Å². The van der Waals surface area contributed by atoms with Gasteiger partial charge in [-0.1, -0.05) is 24.3 Å². The van der Waals surface area contributed by atoms with Gasteiger partial charge in [-0.2, -0.15) is 5.10 Å². The standard InChI is InChI=1S/C16H23N5O2/c1-12-15(21(22)23)16(20(4)18-12)17-9-8-13-6-5-7-14(10-13)11-19(2)3/h5-7,10,17H,8-9,11H2,1-4H3. The normalized spacial score (nSPS) is 11.0. The second kappa shape index (κ2) is 7.23. The summed E-state index contributed by atoms with van der Waals surface area (Å²) in [5, 5.41) is 18.4. The van der Waals surface area contributed by atoms with E-state index in [0.717, 1.165) is 13.0 Å². The molecule has 0 aliphatic heterocycles. The van der Waals surface area contributed by atoms with E-state index in [0.29, 0.717) is 18.1 Å². The molecule has 7 nitrogen and oxygen atoms in total. The van der Waals surface area contributed by atoms with Crippen molar-refractivity contribution in [1.29, 1.82) is 0 Å². The number of hydrogen-bond acceptors (Lipinski definition) is 5. The van der Waals surface area contributed by atoms with Crippen molar-refractivity contribution in [3.8, 4) is 0 Å². The molecule has 0 amide bonds. The van der Waals surface area contributed by atoms with Crippen LogP contribution in [0.5, 0.6) is 0 Å². The van der Waals surface area contributed by atoms with Crippen molar-refractivity contribution < 1.29 is 4.92 Å². The van der Waals surface area contributed by atoms with E-state index < -0.39 is 0 Å². The Labute approximate surface area is 136 Å². The minimum absolute atomic E-state index is 0.0499. The van der Waals surface area contributed by atoms with Crippen molar-refractivity contribution >= 4 is 11.5 Å². The van der Waals surface area contributed by atoms with Crippen LogP contribution in [0, 0.1) is 17.0 Å². The van der Waals surface area contributed by atoms with Gasteiger partial charge in [0.25, 0.3) is 0 Å². The Balaban J connectivity index is 2.02. The molecule has 1 aromatic carbocycles. The fourth-order valence-electron chi connectivity index (χ4n) is 2.64. The van der Waals surface area contributed by atoms with E-state index in [1.807, 2.05) is 20.2 Å². The van der Waals surface area contributed by atoms with Gasteiger partial charge < -0.3 is 10.2 Å². The van der Waals surface area contributed by atoms with Crippen LogP contribution in [0.4, 0.5) is 11.5 Å². The van der Waals surface area contributed by atoms with Crippen molar-refractivity contribution in [1.82, 2.24) is 14.7 Å². The average Bonchev–Trinajstić information content (AvgIpc) is 2.73. The third-order valence-corrected chi connectivity index (χ3v) is 3.57. The van der Waals surface area contributed by atoms with Crippen LogP contribution in [-0.2, 0) is 20.0 Å². The Morgan fingerprint density at radius 3 is 2.70 bits per heavy atom. The molecule has 124 valence electrons. The number of aryl methyl sites for hydroxylation is 2. The SMILES string of the molecule is Cc1nn(C)c(NCCc2cccc(CN(C)C)c2)c1[N+](=O)[O-]. The zero-order chi connectivity index (χ0) is 17.0. The Bertz CT molecular complexity index is 694. The zero-order valence-corrected chi connectivity index (χ0v) is 14.0. The first-order chi connectivity index (χ1) is 10.9. The van der Waals surface area contributed by atoms with Gasteiger partial charge in [0.05, 0.1) is 4.92 Å². The number of benzene rings is 1. The van der Waals surface area contributed by atoms with Gasteiger partial charge in [0.2, 0.25) is 5.82 Å². The van der Waals surface area contributed by atoms with Crippen molar-refractivity contribution in [2.75, 3.05) is 26.0 Å². The van der Waals surface area contributed by atoms with Crippen LogP contribution >= 0.6 is 0 Å². The van der Waals surface area contributed by atoms with Crippen molar-refractivity contribution in [3.05, 3.63) is 51.2 Å². The highest BCUT2D eigenvalue weighted by atomic mass is 16.6. The number of anilines is 1. The van der Waals surface area contributed by atoms with Gasteiger partial charge in [0, 0.05) is 20.1 Å². The molecular formula is C16H23N5O2. The van der Waals surface area contributed by atoms with Gasteiger partial charge in [-0.05, 0) is 38.6 Å². The van der Waals surface area contributed by atoms with Gasteiger partial charge in [0.1, 0.15) is 5.69 Å². The molecule has 0 unspecified atom stereocenters. The number of hydrogen-bond donors (Lipinski definition) is 1. The van der Waals surface area contributed by atoms with Gasteiger partial charge in [-0.3, -0.25) is 10.1 Å². The molecule has 0 saturated heterocycles. The third-order valence-electron chi connectivity index (χ3n) is 3.57. The van der Waals surface area contributed by atoms with Crippen LogP contribution in [0.1, 0.15) is 16.8 Å². The summed E-state index contributed by atoms with van der Waals surface area (Å²) < 4.78 is 1.52. The maximum Gasteiger partial charge on any atom is 0.333 e. The topological polar surface area (TPSA) is 76.2 Å². The summed E-state index contributed by atoms with van der Waals surface area (Å²) in [6.07, 6.45) is 0.794. The molecule has 0 aliphatic carbocycles. The van der Waals surface area contributed by atoms with E-state index >= 15 is 0 Å². The summed E-state index contributed by atoms with van der Waals surface area (Å²) in [6.45, 7) is 3.16. The summed E-state index contributed by atoms with van der Waals surface area (Å²) in [6, 6.07) is 8.39. The molecule has 23 heavy (non-hydrogen) atoms. The first-order valence-electron chi connectivity index (χ1n) is 7.53. The summed E-state index contributed by atoms with van der Waals surface area (Å²) >= 11 is 0. The fourth-order valence-corrected chi connectivity index (χ4v) is 2.64. The molecule has 0 fully saturated rings. The highest BCUT2D eigenvalue weighted by molar-refractivity contribution is 5.59. The number of nitro groups is 1. The summed E-state index contributed by atoms with van der Waals surface area (Å²) in [5.74, 6) is 0.456. The largest absolute Gasteiger partial charge is 0.364 e. The molecule has 0 spiro atoms. The molecule has 7 heteroatoms. The molecule has 2 aromatic rings. The Kier molecular flexibility index (Phi) is 5.33. The first-order valence-corrected chi connectivity index (χ1v) is 7.53. The number of rotatable bonds is 7. The second-order valence-corrected chi connectivity index (χ2v) is 5.90. The lowest BCUT2D eigenvalue weighted by Crippen LogP contribution is -2.12. The van der Waals surface area contributed by atoms with Gasteiger partial charge in [0.15, 0.2) is 0 Å². The summed E-state index contributed by atoms with van der Waals surface area (Å²) in [4.78, 5) is 12.9. The maximum absolute atomic E-state index is 11.1. The summed E-state index contributed by atoms with van der Waals surface area (Å²) in [5.41, 5.74) is 2.94. The van der Waals surface area contributed by atoms with E-state index in [4.69, 9.17) is 0 Å². The van der Waals surface area contributed by atoms with Crippen molar-refractivity contribution in [3.63, 3.8) is 0 Å². The number of nitrogens with one attached hydrogen (secondary N) is 1. The minimum atomic E-state index is -0.387. The minimum Gasteiger partial charge on any atom is -0.364 e. The molecule has 0 bridgehead atoms. The van der Waals surface area contributed by atoms with Crippen LogP contribution in [0.15, 0.2) is 24.3 Å². The van der Waals surface area contributed by atoms with Crippen LogP contribution in [0.25, 0.3) is 0 Å². The van der Waals surface area contributed by atoms with Crippen LogP contribution < -0.4 is 5.32 Å². The molecule has 1 aromatic heterocycles.